The highest BCUT2D eigenvalue weighted by molar-refractivity contribution is 5.86. The summed E-state index contributed by atoms with van der Waals surface area (Å²) in [7, 11) is 0. The van der Waals surface area contributed by atoms with Crippen molar-refractivity contribution in [2.45, 2.75) is 40.0 Å². The van der Waals surface area contributed by atoms with Gasteiger partial charge in [0.25, 0.3) is 0 Å². The number of allylic oxidation sites excluding steroid dienone is 4. The zero-order valence-corrected chi connectivity index (χ0v) is 15.7. The largest absolute Gasteiger partial charge is 0.493 e. The van der Waals surface area contributed by atoms with E-state index in [-0.39, 0.29) is 19.8 Å². The average Bonchev–Trinajstić information content (AvgIpc) is 2.62. The van der Waals surface area contributed by atoms with Gasteiger partial charge >= 0.3 is 5.97 Å². The summed E-state index contributed by atoms with van der Waals surface area (Å²) in [6, 6.07) is 0. The van der Waals surface area contributed by atoms with Crippen LogP contribution in [0.4, 0.5) is 0 Å². The number of aliphatic hydroxyl groups excluding tert-OH is 2. The van der Waals surface area contributed by atoms with Gasteiger partial charge in [0.05, 0.1) is 26.4 Å². The van der Waals surface area contributed by atoms with Gasteiger partial charge in [-0.3, -0.25) is 0 Å². The third kappa shape index (κ3) is 8.18. The van der Waals surface area contributed by atoms with Crippen LogP contribution >= 0.6 is 0 Å². The molecule has 0 fully saturated rings. The Kier molecular flexibility index (Phi) is 11.6. The van der Waals surface area contributed by atoms with E-state index >= 15 is 0 Å². The maximum absolute atomic E-state index is 11.4. The molecular formula is C20H32O5. The van der Waals surface area contributed by atoms with Crippen molar-refractivity contribution in [1.29, 1.82) is 0 Å². The van der Waals surface area contributed by atoms with E-state index in [4.69, 9.17) is 9.47 Å². The highest BCUT2D eigenvalue weighted by Crippen LogP contribution is 2.26. The molecule has 0 saturated heterocycles. The summed E-state index contributed by atoms with van der Waals surface area (Å²) >= 11 is 0. The highest BCUT2D eigenvalue weighted by Gasteiger charge is 2.26. The summed E-state index contributed by atoms with van der Waals surface area (Å²) in [5, 5.41) is 19.0. The Morgan fingerprint density at radius 2 is 1.84 bits per heavy atom. The first-order chi connectivity index (χ1) is 11.9. The van der Waals surface area contributed by atoms with E-state index in [2.05, 4.69) is 13.2 Å². The van der Waals surface area contributed by atoms with Crippen LogP contribution in [0.25, 0.3) is 0 Å². The summed E-state index contributed by atoms with van der Waals surface area (Å²) in [6.07, 6.45) is 6.98. The van der Waals surface area contributed by atoms with Crippen LogP contribution in [0.5, 0.6) is 0 Å². The van der Waals surface area contributed by atoms with Crippen molar-refractivity contribution in [3.8, 4) is 0 Å². The second-order valence-electron chi connectivity index (χ2n) is 6.02. The van der Waals surface area contributed by atoms with E-state index in [1.54, 1.807) is 19.1 Å². The molecule has 0 heterocycles. The zero-order chi connectivity index (χ0) is 19.3. The lowest BCUT2D eigenvalue weighted by Crippen LogP contribution is -2.30. The molecule has 5 heteroatoms. The Balaban J connectivity index is 4.75. The van der Waals surface area contributed by atoms with E-state index < -0.39 is 11.4 Å². The van der Waals surface area contributed by atoms with Gasteiger partial charge in [0.2, 0.25) is 0 Å². The molecule has 0 spiro atoms. The van der Waals surface area contributed by atoms with Gasteiger partial charge < -0.3 is 19.7 Å². The van der Waals surface area contributed by atoms with Crippen LogP contribution < -0.4 is 0 Å². The van der Waals surface area contributed by atoms with Crippen molar-refractivity contribution in [2.24, 2.45) is 5.41 Å². The van der Waals surface area contributed by atoms with Crippen LogP contribution in [-0.4, -0.2) is 42.6 Å². The predicted octanol–water partition coefficient (Wildman–Crippen LogP) is 3.30. The van der Waals surface area contributed by atoms with E-state index in [0.717, 1.165) is 5.57 Å². The van der Waals surface area contributed by atoms with Gasteiger partial charge in [0.1, 0.15) is 5.76 Å². The molecule has 5 nitrogen and oxygen atoms in total. The lowest BCUT2D eigenvalue weighted by Gasteiger charge is -2.28. The minimum absolute atomic E-state index is 0.0861. The zero-order valence-electron chi connectivity index (χ0n) is 15.7. The Morgan fingerprint density at radius 3 is 2.28 bits per heavy atom. The lowest BCUT2D eigenvalue weighted by molar-refractivity contribution is -0.138. The molecule has 0 aromatic carbocycles. The summed E-state index contributed by atoms with van der Waals surface area (Å²) in [4.78, 5) is 11.4. The third-order valence-electron chi connectivity index (χ3n) is 4.20. The second-order valence-corrected chi connectivity index (χ2v) is 6.02. The first kappa shape index (κ1) is 23.1. The molecule has 0 aliphatic heterocycles. The molecule has 0 rings (SSSR count). The first-order valence-electron chi connectivity index (χ1n) is 8.55. The Labute approximate surface area is 151 Å². The summed E-state index contributed by atoms with van der Waals surface area (Å²) in [5.74, 6) is 0.231. The maximum Gasteiger partial charge on any atom is 0.333 e. The standard InChI is InChI=1S/C20H32O5/c1-6-9-18(24-13-11-20(8-3,14-21)15-22)17(7-2)10-12-25-19(23)16(4)5/h6-7,9,21-22H,1,4,8,10-15H2,2-3,5H3/b17-7-,18-9+. The normalized spacial score (nSPS) is 12.7. The first-order valence-corrected chi connectivity index (χ1v) is 8.55. The SMILES string of the molecule is C=C/C=C(OCCC(CC)(CO)CO)\C(=C/C)CCOC(=O)C(=C)C. The van der Waals surface area contributed by atoms with Crippen LogP contribution in [0.1, 0.15) is 40.0 Å². The second kappa shape index (κ2) is 12.5. The van der Waals surface area contributed by atoms with Gasteiger partial charge in [-0.15, -0.1) is 0 Å². The van der Waals surface area contributed by atoms with Crippen LogP contribution in [0.2, 0.25) is 0 Å². The minimum Gasteiger partial charge on any atom is -0.493 e. The van der Waals surface area contributed by atoms with Gasteiger partial charge in [-0.2, -0.15) is 0 Å². The van der Waals surface area contributed by atoms with Gasteiger partial charge in [0, 0.05) is 17.4 Å². The summed E-state index contributed by atoms with van der Waals surface area (Å²) in [6.45, 7) is 13.1. The van der Waals surface area contributed by atoms with Crippen molar-refractivity contribution in [2.75, 3.05) is 26.4 Å². The van der Waals surface area contributed by atoms with Crippen molar-refractivity contribution >= 4 is 5.97 Å². The molecule has 0 amide bonds. The lowest BCUT2D eigenvalue weighted by atomic mass is 9.84. The molecule has 25 heavy (non-hydrogen) atoms. The van der Waals surface area contributed by atoms with Gasteiger partial charge in [-0.25, -0.2) is 4.79 Å². The Bertz CT molecular complexity index is 490. The van der Waals surface area contributed by atoms with Crippen LogP contribution in [0, 0.1) is 5.41 Å². The Hall–Kier alpha value is -1.85. The molecule has 0 aliphatic carbocycles. The third-order valence-corrected chi connectivity index (χ3v) is 4.20. The molecule has 142 valence electrons. The topological polar surface area (TPSA) is 76.0 Å². The van der Waals surface area contributed by atoms with E-state index in [9.17, 15) is 15.0 Å². The van der Waals surface area contributed by atoms with E-state index in [1.807, 2.05) is 19.9 Å². The quantitative estimate of drug-likeness (QED) is 0.230. The number of ether oxygens (including phenoxy) is 2. The fourth-order valence-corrected chi connectivity index (χ4v) is 2.13. The molecule has 0 aromatic rings. The number of esters is 1. The monoisotopic (exact) mass is 352 g/mol. The number of rotatable bonds is 13. The van der Waals surface area contributed by atoms with Gasteiger partial charge in [-0.1, -0.05) is 32.2 Å². The molecule has 0 unspecified atom stereocenters. The predicted molar refractivity (Wildman–Crippen MR) is 99.9 cm³/mol. The molecule has 2 N–H and O–H groups in total. The number of hydrogen-bond donors (Lipinski definition) is 2. The van der Waals surface area contributed by atoms with E-state index in [1.165, 1.54) is 0 Å². The smallest absolute Gasteiger partial charge is 0.333 e. The van der Waals surface area contributed by atoms with Crippen molar-refractivity contribution in [3.63, 3.8) is 0 Å². The number of hydrogen-bond acceptors (Lipinski definition) is 5. The van der Waals surface area contributed by atoms with Crippen molar-refractivity contribution < 1.29 is 24.5 Å². The molecule has 0 aromatic heterocycles. The van der Waals surface area contributed by atoms with Crippen LogP contribution in [-0.2, 0) is 14.3 Å². The molecule has 0 saturated carbocycles. The number of carbonyl (C=O) groups excluding carboxylic acids is 1. The summed E-state index contributed by atoms with van der Waals surface area (Å²) < 4.78 is 11.0. The average molecular weight is 352 g/mol. The van der Waals surface area contributed by atoms with Gasteiger partial charge in [-0.05, 0) is 38.3 Å². The van der Waals surface area contributed by atoms with Crippen molar-refractivity contribution in [1.82, 2.24) is 0 Å². The fraction of sp³-hybridized carbons (Fsp3) is 0.550. The highest BCUT2D eigenvalue weighted by atomic mass is 16.5. The van der Waals surface area contributed by atoms with Crippen LogP contribution in [0.3, 0.4) is 0 Å². The fourth-order valence-electron chi connectivity index (χ4n) is 2.13. The molecule has 0 atom stereocenters. The number of aliphatic hydroxyl groups is 2. The number of carbonyl (C=O) groups is 1. The van der Waals surface area contributed by atoms with Gasteiger partial charge in [0.15, 0.2) is 0 Å². The molecule has 0 bridgehead atoms. The summed E-state index contributed by atoms with van der Waals surface area (Å²) in [5.41, 5.74) is 0.723. The maximum atomic E-state index is 11.4. The molecule has 0 radical (unpaired) electrons. The molecule has 0 aliphatic rings. The van der Waals surface area contributed by atoms with Crippen LogP contribution in [0.15, 0.2) is 48.3 Å². The van der Waals surface area contributed by atoms with E-state index in [0.29, 0.717) is 37.2 Å². The van der Waals surface area contributed by atoms with Crippen molar-refractivity contribution in [3.05, 3.63) is 48.3 Å². The Morgan fingerprint density at radius 1 is 1.20 bits per heavy atom. The molecular weight excluding hydrogens is 320 g/mol. The minimum atomic E-state index is -0.535.